The molecule has 0 aromatic heterocycles. The molecule has 0 heterocycles. The number of unbranched alkanes of at least 4 members (excludes halogenated alkanes) is 5. The average molecular weight is 276 g/mol. The molecular formula is C17H24O3. The molecule has 0 aliphatic carbocycles. The second-order valence-electron chi connectivity index (χ2n) is 4.86. The van der Waals surface area contributed by atoms with E-state index in [2.05, 4.69) is 6.92 Å². The molecular weight excluding hydrogens is 252 g/mol. The molecule has 0 radical (unpaired) electrons. The molecule has 1 aromatic carbocycles. The summed E-state index contributed by atoms with van der Waals surface area (Å²) in [6.07, 6.45) is 10.2. The number of phenols is 1. The summed E-state index contributed by atoms with van der Waals surface area (Å²) >= 11 is 0. The van der Waals surface area contributed by atoms with Gasteiger partial charge in [-0.15, -0.1) is 0 Å². The van der Waals surface area contributed by atoms with Gasteiger partial charge in [-0.1, -0.05) is 51.2 Å². The number of benzene rings is 1. The Hall–Kier alpha value is -1.77. The molecule has 0 aliphatic heterocycles. The Bertz CT molecular complexity index is 407. The number of hydrogen-bond donors (Lipinski definition) is 1. The summed E-state index contributed by atoms with van der Waals surface area (Å²) in [5.74, 6) is -0.0977. The van der Waals surface area contributed by atoms with Gasteiger partial charge in [-0.25, -0.2) is 4.79 Å². The van der Waals surface area contributed by atoms with E-state index in [0.29, 0.717) is 6.61 Å². The molecule has 20 heavy (non-hydrogen) atoms. The van der Waals surface area contributed by atoms with Gasteiger partial charge in [-0.2, -0.15) is 0 Å². The van der Waals surface area contributed by atoms with Crippen LogP contribution in [0.5, 0.6) is 5.75 Å². The van der Waals surface area contributed by atoms with Crippen LogP contribution in [0.25, 0.3) is 6.08 Å². The van der Waals surface area contributed by atoms with Crippen molar-refractivity contribution >= 4 is 12.0 Å². The summed E-state index contributed by atoms with van der Waals surface area (Å²) in [5, 5.41) is 9.14. The Morgan fingerprint density at radius 3 is 2.45 bits per heavy atom. The summed E-state index contributed by atoms with van der Waals surface area (Å²) < 4.78 is 5.12. The molecule has 0 bridgehead atoms. The lowest BCUT2D eigenvalue weighted by Crippen LogP contribution is -2.02. The van der Waals surface area contributed by atoms with E-state index in [-0.39, 0.29) is 11.7 Å². The first kappa shape index (κ1) is 16.3. The van der Waals surface area contributed by atoms with Crippen molar-refractivity contribution in [3.8, 4) is 5.75 Å². The fourth-order valence-electron chi connectivity index (χ4n) is 1.85. The van der Waals surface area contributed by atoms with Gasteiger partial charge in [-0.05, 0) is 30.2 Å². The van der Waals surface area contributed by atoms with Crippen LogP contribution in [-0.2, 0) is 9.53 Å². The first-order valence-electron chi connectivity index (χ1n) is 7.36. The van der Waals surface area contributed by atoms with E-state index in [1.807, 2.05) is 0 Å². The number of ether oxygens (including phenoxy) is 1. The van der Waals surface area contributed by atoms with E-state index in [4.69, 9.17) is 9.84 Å². The zero-order chi connectivity index (χ0) is 14.6. The molecule has 0 spiro atoms. The topological polar surface area (TPSA) is 46.5 Å². The van der Waals surface area contributed by atoms with Gasteiger partial charge in [0.15, 0.2) is 0 Å². The molecule has 1 rings (SSSR count). The Kier molecular flexibility index (Phi) is 8.20. The first-order valence-corrected chi connectivity index (χ1v) is 7.36. The number of carbonyl (C=O) groups excluding carboxylic acids is 1. The van der Waals surface area contributed by atoms with Crippen LogP contribution >= 0.6 is 0 Å². The maximum absolute atomic E-state index is 11.5. The van der Waals surface area contributed by atoms with Crippen LogP contribution in [0.15, 0.2) is 30.3 Å². The van der Waals surface area contributed by atoms with E-state index in [1.54, 1.807) is 30.3 Å². The molecule has 1 N–H and O–H groups in total. The maximum Gasteiger partial charge on any atom is 0.330 e. The van der Waals surface area contributed by atoms with Crippen LogP contribution in [0, 0.1) is 0 Å². The minimum Gasteiger partial charge on any atom is -0.508 e. The van der Waals surface area contributed by atoms with Crippen LogP contribution < -0.4 is 0 Å². The Morgan fingerprint density at radius 2 is 1.75 bits per heavy atom. The van der Waals surface area contributed by atoms with Crippen molar-refractivity contribution in [3.05, 3.63) is 35.9 Å². The lowest BCUT2D eigenvalue weighted by atomic mass is 10.1. The van der Waals surface area contributed by atoms with Crippen LogP contribution in [0.2, 0.25) is 0 Å². The molecule has 0 aliphatic rings. The number of rotatable bonds is 9. The van der Waals surface area contributed by atoms with E-state index < -0.39 is 0 Å². The number of esters is 1. The monoisotopic (exact) mass is 276 g/mol. The van der Waals surface area contributed by atoms with Crippen LogP contribution in [0.1, 0.15) is 51.0 Å². The largest absolute Gasteiger partial charge is 0.508 e. The molecule has 0 unspecified atom stereocenters. The standard InChI is InChI=1S/C17H24O3/c1-2-3-4-5-6-7-14-20-17(19)13-10-15-8-11-16(18)12-9-15/h8-13,18H,2-7,14H2,1H3. The van der Waals surface area contributed by atoms with Gasteiger partial charge < -0.3 is 9.84 Å². The molecule has 0 saturated heterocycles. The molecule has 0 fully saturated rings. The lowest BCUT2D eigenvalue weighted by molar-refractivity contribution is -0.137. The van der Waals surface area contributed by atoms with Crippen LogP contribution in [0.4, 0.5) is 0 Å². The van der Waals surface area contributed by atoms with Gasteiger partial charge in [0.2, 0.25) is 0 Å². The van der Waals surface area contributed by atoms with Crippen molar-refractivity contribution in [1.29, 1.82) is 0 Å². The van der Waals surface area contributed by atoms with Crippen LogP contribution in [0.3, 0.4) is 0 Å². The highest BCUT2D eigenvalue weighted by molar-refractivity contribution is 5.87. The maximum atomic E-state index is 11.5. The predicted octanol–water partition coefficient (Wildman–Crippen LogP) is 4.31. The van der Waals surface area contributed by atoms with Gasteiger partial charge in [0.05, 0.1) is 6.61 Å². The molecule has 1 aromatic rings. The zero-order valence-electron chi connectivity index (χ0n) is 12.2. The molecule has 0 amide bonds. The normalized spacial score (nSPS) is 10.8. The molecule has 110 valence electrons. The van der Waals surface area contributed by atoms with E-state index in [0.717, 1.165) is 18.4 Å². The smallest absolute Gasteiger partial charge is 0.330 e. The molecule has 3 nitrogen and oxygen atoms in total. The van der Waals surface area contributed by atoms with Crippen molar-refractivity contribution in [2.24, 2.45) is 0 Å². The summed E-state index contributed by atoms with van der Waals surface area (Å²) in [4.78, 5) is 11.5. The van der Waals surface area contributed by atoms with Crippen molar-refractivity contribution in [2.45, 2.75) is 45.4 Å². The van der Waals surface area contributed by atoms with Gasteiger partial charge in [0.25, 0.3) is 0 Å². The molecule has 0 saturated carbocycles. The van der Waals surface area contributed by atoms with Gasteiger partial charge in [0.1, 0.15) is 5.75 Å². The minimum atomic E-state index is -0.313. The zero-order valence-corrected chi connectivity index (χ0v) is 12.2. The average Bonchev–Trinajstić information content (AvgIpc) is 2.46. The highest BCUT2D eigenvalue weighted by Crippen LogP contribution is 2.10. The number of hydrogen-bond acceptors (Lipinski definition) is 3. The molecule has 3 heteroatoms. The van der Waals surface area contributed by atoms with Crippen molar-refractivity contribution in [2.75, 3.05) is 6.61 Å². The highest BCUT2D eigenvalue weighted by atomic mass is 16.5. The lowest BCUT2D eigenvalue weighted by Gasteiger charge is -2.02. The van der Waals surface area contributed by atoms with Crippen molar-refractivity contribution in [1.82, 2.24) is 0 Å². The summed E-state index contributed by atoms with van der Waals surface area (Å²) in [5.41, 5.74) is 0.860. The Labute approximate surface area is 121 Å². The Morgan fingerprint density at radius 1 is 1.10 bits per heavy atom. The number of carbonyl (C=O) groups is 1. The third kappa shape index (κ3) is 7.62. The van der Waals surface area contributed by atoms with Crippen molar-refractivity contribution < 1.29 is 14.6 Å². The highest BCUT2D eigenvalue weighted by Gasteiger charge is 1.97. The number of aromatic hydroxyl groups is 1. The second-order valence-corrected chi connectivity index (χ2v) is 4.86. The summed E-state index contributed by atoms with van der Waals surface area (Å²) in [7, 11) is 0. The number of phenolic OH excluding ortho intramolecular Hbond substituents is 1. The van der Waals surface area contributed by atoms with Gasteiger partial charge in [0, 0.05) is 6.08 Å². The first-order chi connectivity index (χ1) is 9.72. The molecule has 0 atom stereocenters. The second kappa shape index (κ2) is 10.1. The minimum absolute atomic E-state index is 0.216. The van der Waals surface area contributed by atoms with Crippen molar-refractivity contribution in [3.63, 3.8) is 0 Å². The fourth-order valence-corrected chi connectivity index (χ4v) is 1.85. The predicted molar refractivity (Wildman–Crippen MR) is 81.5 cm³/mol. The van der Waals surface area contributed by atoms with Gasteiger partial charge in [-0.3, -0.25) is 0 Å². The quantitative estimate of drug-likeness (QED) is 0.415. The van der Waals surface area contributed by atoms with Crippen LogP contribution in [-0.4, -0.2) is 17.7 Å². The fraction of sp³-hybridized carbons (Fsp3) is 0.471. The SMILES string of the molecule is CCCCCCCCOC(=O)C=Cc1ccc(O)cc1. The summed E-state index contributed by atoms with van der Waals surface area (Å²) in [6.45, 7) is 2.69. The third-order valence-electron chi connectivity index (χ3n) is 3.05. The van der Waals surface area contributed by atoms with Gasteiger partial charge >= 0.3 is 5.97 Å². The van der Waals surface area contributed by atoms with E-state index >= 15 is 0 Å². The van der Waals surface area contributed by atoms with E-state index in [1.165, 1.54) is 31.8 Å². The van der Waals surface area contributed by atoms with E-state index in [9.17, 15) is 4.79 Å². The Balaban J connectivity index is 2.12. The third-order valence-corrected chi connectivity index (χ3v) is 3.05. The summed E-state index contributed by atoms with van der Waals surface area (Å²) in [6, 6.07) is 6.66.